The molecule has 0 spiro atoms. The van der Waals surface area contributed by atoms with Crippen LogP contribution in [-0.2, 0) is 22.7 Å². The fraction of sp³-hybridized carbons (Fsp3) is 0.400. The minimum atomic E-state index is -3.31. The van der Waals surface area contributed by atoms with Crippen molar-refractivity contribution in [1.82, 2.24) is 19.7 Å². The van der Waals surface area contributed by atoms with Gasteiger partial charge in [0.2, 0.25) is 0 Å². The number of fused-ring (bicyclic) bond motifs is 2. The lowest BCUT2D eigenvalue weighted by atomic mass is 9.97. The molecule has 4 aromatic rings. The Kier molecular flexibility index (Phi) is 6.37. The van der Waals surface area contributed by atoms with Crippen LogP contribution in [0.4, 0.5) is 0 Å². The lowest BCUT2D eigenvalue weighted by molar-refractivity contribution is 0.222. The molecule has 3 heterocycles. The highest BCUT2D eigenvalue weighted by Gasteiger charge is 2.24. The monoisotopic (exact) mass is 514 g/mol. The summed E-state index contributed by atoms with van der Waals surface area (Å²) in [6, 6.07) is 16.7. The van der Waals surface area contributed by atoms with Crippen LogP contribution in [0, 0.1) is 0 Å². The first-order chi connectivity index (χ1) is 17.9. The first-order valence-electron chi connectivity index (χ1n) is 13.4. The zero-order valence-electron chi connectivity index (χ0n) is 21.6. The topological polar surface area (TPSA) is 68.1 Å². The quantitative estimate of drug-likeness (QED) is 0.324. The molecule has 2 aliphatic rings. The number of hydrogen-bond donors (Lipinski definition) is 0. The van der Waals surface area contributed by atoms with Gasteiger partial charge in [0.1, 0.15) is 0 Å². The van der Waals surface area contributed by atoms with E-state index in [0.717, 1.165) is 41.2 Å². The molecule has 192 valence electrons. The van der Waals surface area contributed by atoms with Crippen LogP contribution < -0.4 is 0 Å². The van der Waals surface area contributed by atoms with Crippen molar-refractivity contribution in [2.75, 3.05) is 13.1 Å². The van der Waals surface area contributed by atoms with Crippen LogP contribution in [0.1, 0.15) is 50.7 Å². The SMILES string of the molecule is CC(C)S(=O)(=O)c1ccc(-n2ncc3cc(-c4ccc5c(c4)CCC(N4CCCC4)CC5)cnc32)cc1. The molecular formula is C30H34N4O2S. The van der Waals surface area contributed by atoms with E-state index in [-0.39, 0.29) is 0 Å². The Morgan fingerprint density at radius 2 is 1.59 bits per heavy atom. The number of likely N-dealkylation sites (tertiary alicyclic amines) is 1. The van der Waals surface area contributed by atoms with Crippen molar-refractivity contribution in [2.24, 2.45) is 0 Å². The summed E-state index contributed by atoms with van der Waals surface area (Å²) in [5, 5.41) is 5.06. The summed E-state index contributed by atoms with van der Waals surface area (Å²) in [5.41, 5.74) is 6.81. The van der Waals surface area contributed by atoms with Crippen LogP contribution in [0.15, 0.2) is 65.8 Å². The number of rotatable bonds is 5. The van der Waals surface area contributed by atoms with Gasteiger partial charge in [-0.1, -0.05) is 18.2 Å². The van der Waals surface area contributed by atoms with E-state index in [4.69, 9.17) is 4.98 Å². The molecule has 1 saturated heterocycles. The summed E-state index contributed by atoms with van der Waals surface area (Å²) in [4.78, 5) is 7.80. The number of aryl methyl sites for hydroxylation is 2. The van der Waals surface area contributed by atoms with E-state index in [0.29, 0.717) is 4.90 Å². The molecule has 2 aromatic heterocycles. The molecule has 1 unspecified atom stereocenters. The van der Waals surface area contributed by atoms with Gasteiger partial charge in [-0.05, 0) is 112 Å². The van der Waals surface area contributed by atoms with E-state index in [1.54, 1.807) is 42.8 Å². The highest BCUT2D eigenvalue weighted by molar-refractivity contribution is 7.92. The molecule has 2 aromatic carbocycles. The van der Waals surface area contributed by atoms with Crippen molar-refractivity contribution < 1.29 is 8.42 Å². The van der Waals surface area contributed by atoms with Crippen LogP contribution in [-0.4, -0.2) is 52.5 Å². The van der Waals surface area contributed by atoms with Crippen molar-refractivity contribution >= 4 is 20.9 Å². The van der Waals surface area contributed by atoms with E-state index >= 15 is 0 Å². The fourth-order valence-electron chi connectivity index (χ4n) is 5.86. The van der Waals surface area contributed by atoms with Gasteiger partial charge in [0.05, 0.1) is 22.0 Å². The van der Waals surface area contributed by atoms with Gasteiger partial charge in [0.15, 0.2) is 15.5 Å². The summed E-state index contributed by atoms with van der Waals surface area (Å²) in [6.07, 6.45) is 11.3. The van der Waals surface area contributed by atoms with E-state index in [1.807, 2.05) is 12.4 Å². The normalized spacial score (nSPS) is 18.8. The van der Waals surface area contributed by atoms with Gasteiger partial charge in [0, 0.05) is 23.2 Å². The number of benzene rings is 2. The van der Waals surface area contributed by atoms with Crippen molar-refractivity contribution in [3.05, 3.63) is 72.1 Å². The molecule has 6 rings (SSSR count). The fourth-order valence-corrected chi connectivity index (χ4v) is 6.92. The zero-order valence-corrected chi connectivity index (χ0v) is 22.4. The van der Waals surface area contributed by atoms with Crippen molar-refractivity contribution in [3.8, 4) is 16.8 Å². The van der Waals surface area contributed by atoms with Gasteiger partial charge >= 0.3 is 0 Å². The molecule has 0 radical (unpaired) electrons. The van der Waals surface area contributed by atoms with Crippen LogP contribution in [0.5, 0.6) is 0 Å². The minimum absolute atomic E-state index is 0.327. The molecule has 1 fully saturated rings. The molecule has 0 saturated carbocycles. The Morgan fingerprint density at radius 1 is 0.865 bits per heavy atom. The molecule has 7 heteroatoms. The highest BCUT2D eigenvalue weighted by atomic mass is 32.2. The zero-order chi connectivity index (χ0) is 25.6. The van der Waals surface area contributed by atoms with Crippen molar-refractivity contribution in [3.63, 3.8) is 0 Å². The lowest BCUT2D eigenvalue weighted by Crippen LogP contribution is -2.32. The molecule has 0 bridgehead atoms. The van der Waals surface area contributed by atoms with Crippen LogP contribution in [0.2, 0.25) is 0 Å². The highest BCUT2D eigenvalue weighted by Crippen LogP contribution is 2.31. The summed E-state index contributed by atoms with van der Waals surface area (Å²) in [6.45, 7) is 5.93. The molecule has 37 heavy (non-hydrogen) atoms. The summed E-state index contributed by atoms with van der Waals surface area (Å²) >= 11 is 0. The predicted molar refractivity (Wildman–Crippen MR) is 148 cm³/mol. The average Bonchev–Trinajstić information content (AvgIpc) is 3.55. The molecular weight excluding hydrogens is 480 g/mol. The maximum absolute atomic E-state index is 12.5. The van der Waals surface area contributed by atoms with E-state index in [9.17, 15) is 8.42 Å². The summed E-state index contributed by atoms with van der Waals surface area (Å²) in [5.74, 6) is 0. The number of sulfone groups is 1. The Hall–Kier alpha value is -3.03. The van der Waals surface area contributed by atoms with Crippen molar-refractivity contribution in [1.29, 1.82) is 0 Å². The average molecular weight is 515 g/mol. The number of nitrogens with zero attached hydrogens (tertiary/aromatic N) is 4. The lowest BCUT2D eigenvalue weighted by Gasteiger charge is -2.25. The first kappa shape index (κ1) is 24.3. The van der Waals surface area contributed by atoms with Gasteiger partial charge < -0.3 is 4.90 Å². The smallest absolute Gasteiger partial charge is 0.180 e. The third-order valence-corrected chi connectivity index (χ3v) is 10.3. The Labute approximate surface area is 219 Å². The number of aromatic nitrogens is 3. The standard InChI is InChI=1S/C30H34N4O2S/c1-21(2)37(35,36)29-13-11-28(12-14-29)34-30-26(20-32-34)18-25(19-31-30)24-6-5-22-7-9-27(10-8-23(22)17-24)33-15-3-4-16-33/h5-6,11-14,17-21,27H,3-4,7-10,15-16H2,1-2H3. The van der Waals surface area contributed by atoms with Gasteiger partial charge in [0.25, 0.3) is 0 Å². The van der Waals surface area contributed by atoms with Crippen molar-refractivity contribution in [2.45, 2.75) is 68.6 Å². The van der Waals surface area contributed by atoms with E-state index in [1.165, 1.54) is 55.5 Å². The van der Waals surface area contributed by atoms with Gasteiger partial charge in [-0.2, -0.15) is 5.10 Å². The van der Waals surface area contributed by atoms with Gasteiger partial charge in [-0.25, -0.2) is 18.1 Å². The minimum Gasteiger partial charge on any atom is -0.300 e. The second-order valence-electron chi connectivity index (χ2n) is 10.7. The summed E-state index contributed by atoms with van der Waals surface area (Å²) < 4.78 is 26.7. The molecule has 0 amide bonds. The first-order valence-corrected chi connectivity index (χ1v) is 15.0. The van der Waals surface area contributed by atoms with Gasteiger partial charge in [-0.15, -0.1) is 0 Å². The second-order valence-corrected chi connectivity index (χ2v) is 13.2. The Morgan fingerprint density at radius 3 is 2.32 bits per heavy atom. The third kappa shape index (κ3) is 4.59. The van der Waals surface area contributed by atoms with Crippen LogP contribution in [0.3, 0.4) is 0 Å². The second kappa shape index (κ2) is 9.69. The number of hydrogen-bond acceptors (Lipinski definition) is 5. The molecule has 1 aliphatic heterocycles. The molecule has 6 nitrogen and oxygen atoms in total. The van der Waals surface area contributed by atoms with Crippen LogP contribution in [0.25, 0.3) is 27.8 Å². The van der Waals surface area contributed by atoms with E-state index in [2.05, 4.69) is 34.3 Å². The van der Waals surface area contributed by atoms with Crippen LogP contribution >= 0.6 is 0 Å². The number of pyridine rings is 1. The largest absolute Gasteiger partial charge is 0.300 e. The van der Waals surface area contributed by atoms with E-state index < -0.39 is 15.1 Å². The third-order valence-electron chi connectivity index (χ3n) is 8.13. The Balaban J connectivity index is 1.25. The predicted octanol–water partition coefficient (Wildman–Crippen LogP) is 5.61. The molecule has 1 atom stereocenters. The molecule has 0 N–H and O–H groups in total. The molecule has 1 aliphatic carbocycles. The van der Waals surface area contributed by atoms with Gasteiger partial charge in [-0.3, -0.25) is 0 Å². The maximum atomic E-state index is 12.5. The maximum Gasteiger partial charge on any atom is 0.180 e. The Bertz CT molecular complexity index is 1530. The summed E-state index contributed by atoms with van der Waals surface area (Å²) in [7, 11) is -3.31.